The van der Waals surface area contributed by atoms with Gasteiger partial charge in [-0.2, -0.15) is 0 Å². The second-order valence-electron chi connectivity index (χ2n) is 10.6. The number of likely N-dealkylation sites (tertiary alicyclic amines) is 1. The van der Waals surface area contributed by atoms with Gasteiger partial charge in [0.1, 0.15) is 6.04 Å². The highest BCUT2D eigenvalue weighted by molar-refractivity contribution is 5.85. The molecule has 2 heterocycles. The smallest absolute Gasteiger partial charge is 0.326 e. The Morgan fingerprint density at radius 1 is 1.13 bits per heavy atom. The SMILES string of the molecule is CC(C)(C)N1[C@H](Cc2ccccc2)C[C@@H]2CCC[C@@H]21.Cl.O=C(O)C1CC2CCC=C2N1. The van der Waals surface area contributed by atoms with Gasteiger partial charge in [0, 0.05) is 29.2 Å². The zero-order chi connectivity index (χ0) is 21.3. The molecule has 2 aliphatic carbocycles. The Kier molecular flexibility index (Phi) is 7.75. The van der Waals surface area contributed by atoms with Crippen LogP contribution in [0.15, 0.2) is 42.1 Å². The van der Waals surface area contributed by atoms with Crippen molar-refractivity contribution in [3.05, 3.63) is 47.7 Å². The maximum atomic E-state index is 10.5. The number of carbonyl (C=O) groups is 1. The molecule has 0 amide bonds. The second-order valence-corrected chi connectivity index (χ2v) is 10.6. The normalized spacial score (nSPS) is 31.6. The molecule has 3 fully saturated rings. The van der Waals surface area contributed by atoms with Crippen molar-refractivity contribution in [1.29, 1.82) is 0 Å². The lowest BCUT2D eigenvalue weighted by Crippen LogP contribution is -2.49. The molecule has 0 radical (unpaired) electrons. The minimum absolute atomic E-state index is 0. The van der Waals surface area contributed by atoms with Crippen molar-refractivity contribution in [2.24, 2.45) is 11.8 Å². The summed E-state index contributed by atoms with van der Waals surface area (Å²) in [6, 6.07) is 12.3. The molecule has 5 atom stereocenters. The highest BCUT2D eigenvalue weighted by atomic mass is 35.5. The lowest BCUT2D eigenvalue weighted by atomic mass is 9.97. The third kappa shape index (κ3) is 5.46. The number of hydrogen-bond acceptors (Lipinski definition) is 3. The van der Waals surface area contributed by atoms with Crippen molar-refractivity contribution in [2.75, 3.05) is 0 Å². The molecule has 2 aliphatic heterocycles. The molecule has 5 heteroatoms. The van der Waals surface area contributed by atoms with Gasteiger partial charge in [-0.25, -0.2) is 4.79 Å². The molecule has 172 valence electrons. The predicted octanol–water partition coefficient (Wildman–Crippen LogP) is 5.42. The number of halogens is 1. The Hall–Kier alpha value is -1.52. The third-order valence-corrected chi connectivity index (χ3v) is 7.51. The first-order valence-corrected chi connectivity index (χ1v) is 11.8. The van der Waals surface area contributed by atoms with E-state index in [-0.39, 0.29) is 18.4 Å². The van der Waals surface area contributed by atoms with Crippen molar-refractivity contribution in [2.45, 2.75) is 95.8 Å². The van der Waals surface area contributed by atoms with Gasteiger partial charge in [-0.15, -0.1) is 12.4 Å². The number of rotatable bonds is 3. The molecule has 1 aromatic rings. The first-order chi connectivity index (χ1) is 14.3. The van der Waals surface area contributed by atoms with Gasteiger partial charge in [0.05, 0.1) is 0 Å². The largest absolute Gasteiger partial charge is 0.480 e. The van der Waals surface area contributed by atoms with E-state index in [0.29, 0.717) is 11.5 Å². The Morgan fingerprint density at radius 2 is 1.87 bits per heavy atom. The van der Waals surface area contributed by atoms with E-state index in [1.54, 1.807) is 0 Å². The summed E-state index contributed by atoms with van der Waals surface area (Å²) in [5.41, 5.74) is 2.97. The molecule has 31 heavy (non-hydrogen) atoms. The van der Waals surface area contributed by atoms with Crippen LogP contribution in [0.5, 0.6) is 0 Å². The van der Waals surface area contributed by atoms with Crippen LogP contribution in [0.25, 0.3) is 0 Å². The molecule has 2 unspecified atom stereocenters. The highest BCUT2D eigenvalue weighted by Gasteiger charge is 2.47. The number of fused-ring (bicyclic) bond motifs is 2. The zero-order valence-electron chi connectivity index (χ0n) is 19.2. The van der Waals surface area contributed by atoms with E-state index in [1.807, 2.05) is 0 Å². The molecule has 1 saturated carbocycles. The second kappa shape index (κ2) is 9.95. The minimum Gasteiger partial charge on any atom is -0.480 e. The minimum atomic E-state index is -0.722. The topological polar surface area (TPSA) is 52.6 Å². The first kappa shape index (κ1) is 24.1. The number of allylic oxidation sites excluding steroid dienone is 2. The maximum Gasteiger partial charge on any atom is 0.326 e. The van der Waals surface area contributed by atoms with Crippen molar-refractivity contribution < 1.29 is 9.90 Å². The Labute approximate surface area is 193 Å². The molecule has 0 bridgehead atoms. The van der Waals surface area contributed by atoms with Crippen LogP contribution in [0.3, 0.4) is 0 Å². The van der Waals surface area contributed by atoms with Crippen molar-refractivity contribution in [1.82, 2.24) is 10.2 Å². The fraction of sp³-hybridized carbons (Fsp3) is 0.654. The van der Waals surface area contributed by atoms with E-state index < -0.39 is 5.97 Å². The zero-order valence-corrected chi connectivity index (χ0v) is 20.0. The average Bonchev–Trinajstić information content (AvgIpc) is 3.41. The molecule has 4 aliphatic rings. The van der Waals surface area contributed by atoms with Crippen molar-refractivity contribution in [3.8, 4) is 0 Å². The predicted molar refractivity (Wildman–Crippen MR) is 129 cm³/mol. The third-order valence-electron chi connectivity index (χ3n) is 7.51. The number of nitrogens with zero attached hydrogens (tertiary/aromatic N) is 1. The lowest BCUT2D eigenvalue weighted by Gasteiger charge is -2.41. The fourth-order valence-corrected chi connectivity index (χ4v) is 6.40. The Morgan fingerprint density at radius 3 is 2.52 bits per heavy atom. The van der Waals surface area contributed by atoms with Crippen LogP contribution in [-0.2, 0) is 11.2 Å². The molecular weight excluding hydrogens is 408 g/mol. The van der Waals surface area contributed by atoms with Gasteiger partial charge in [0.2, 0.25) is 0 Å². The molecule has 2 saturated heterocycles. The number of carboxylic acids is 1. The van der Waals surface area contributed by atoms with Crippen LogP contribution in [0, 0.1) is 11.8 Å². The Balaban J connectivity index is 0.000000194. The van der Waals surface area contributed by atoms with Crippen molar-refractivity contribution in [3.63, 3.8) is 0 Å². The van der Waals surface area contributed by atoms with Crippen molar-refractivity contribution >= 4 is 18.4 Å². The van der Waals surface area contributed by atoms with Gasteiger partial charge in [-0.3, -0.25) is 4.90 Å². The fourth-order valence-electron chi connectivity index (χ4n) is 6.40. The van der Waals surface area contributed by atoms with Crippen LogP contribution in [0.4, 0.5) is 0 Å². The van der Waals surface area contributed by atoms with E-state index in [4.69, 9.17) is 5.11 Å². The molecule has 1 aromatic carbocycles. The molecule has 2 N–H and O–H groups in total. The molecule has 0 spiro atoms. The van der Waals surface area contributed by atoms with Gasteiger partial charge in [-0.1, -0.05) is 42.8 Å². The first-order valence-electron chi connectivity index (χ1n) is 11.8. The number of carboxylic acid groups (broad SMARTS) is 1. The number of aliphatic carboxylic acids is 1. The number of nitrogens with one attached hydrogen (secondary N) is 1. The molecule has 0 aromatic heterocycles. The number of benzene rings is 1. The lowest BCUT2D eigenvalue weighted by molar-refractivity contribution is -0.139. The summed E-state index contributed by atoms with van der Waals surface area (Å²) in [5, 5.41) is 11.7. The van der Waals surface area contributed by atoms with E-state index in [9.17, 15) is 4.79 Å². The van der Waals surface area contributed by atoms with Crippen LogP contribution < -0.4 is 5.32 Å². The van der Waals surface area contributed by atoms with Crippen LogP contribution in [0.1, 0.15) is 71.3 Å². The summed E-state index contributed by atoms with van der Waals surface area (Å²) >= 11 is 0. The maximum absolute atomic E-state index is 10.5. The van der Waals surface area contributed by atoms with Gasteiger partial charge in [0.15, 0.2) is 0 Å². The summed E-state index contributed by atoms with van der Waals surface area (Å²) in [7, 11) is 0. The highest BCUT2D eigenvalue weighted by Crippen LogP contribution is 2.45. The standard InChI is InChI=1S/C18H27N.C8H11NO2.ClH/c1-18(2,3)19-16(12-14-8-5-4-6-9-14)13-15-10-7-11-17(15)19;10-8(11)7-4-5-2-1-3-6(5)9-7;/h4-6,8-9,15-17H,7,10-13H2,1-3H3;3,5,7,9H,1-2,4H2,(H,10,11);1H/t15-,16+,17-;;/m0../s1. The molecular formula is C26H39ClN2O2. The van der Waals surface area contributed by atoms with Crippen LogP contribution in [0.2, 0.25) is 0 Å². The van der Waals surface area contributed by atoms with E-state index >= 15 is 0 Å². The molecule has 4 nitrogen and oxygen atoms in total. The van der Waals surface area contributed by atoms with Gasteiger partial charge in [-0.05, 0) is 77.2 Å². The number of hydrogen-bond donors (Lipinski definition) is 2. The van der Waals surface area contributed by atoms with Gasteiger partial charge >= 0.3 is 5.97 Å². The summed E-state index contributed by atoms with van der Waals surface area (Å²) < 4.78 is 0. The summed E-state index contributed by atoms with van der Waals surface area (Å²) in [6.45, 7) is 7.18. The average molecular weight is 447 g/mol. The molecule has 5 rings (SSSR count). The quantitative estimate of drug-likeness (QED) is 0.650. The summed E-state index contributed by atoms with van der Waals surface area (Å²) in [5.74, 6) is 0.754. The summed E-state index contributed by atoms with van der Waals surface area (Å²) in [4.78, 5) is 13.4. The van der Waals surface area contributed by atoms with Gasteiger partial charge < -0.3 is 10.4 Å². The summed E-state index contributed by atoms with van der Waals surface area (Å²) in [6.07, 6.45) is 12.1. The van der Waals surface area contributed by atoms with Gasteiger partial charge in [0.25, 0.3) is 0 Å². The Bertz CT molecular complexity index is 773. The van der Waals surface area contributed by atoms with E-state index in [0.717, 1.165) is 43.0 Å². The van der Waals surface area contributed by atoms with E-state index in [1.165, 1.54) is 37.7 Å². The van der Waals surface area contributed by atoms with E-state index in [2.05, 4.69) is 67.4 Å². The van der Waals surface area contributed by atoms with Crippen LogP contribution in [-0.4, -0.2) is 39.6 Å². The monoisotopic (exact) mass is 446 g/mol. The van der Waals surface area contributed by atoms with Crippen LogP contribution >= 0.6 is 12.4 Å².